The van der Waals surface area contributed by atoms with Crippen LogP contribution in [0.5, 0.6) is 0 Å². The van der Waals surface area contributed by atoms with Crippen molar-refractivity contribution in [2.24, 2.45) is 5.73 Å². The van der Waals surface area contributed by atoms with Gasteiger partial charge in [0.1, 0.15) is 16.6 Å². The number of primary amides is 1. The minimum absolute atomic E-state index is 0.308. The van der Waals surface area contributed by atoms with Gasteiger partial charge in [-0.1, -0.05) is 29.3 Å². The van der Waals surface area contributed by atoms with Gasteiger partial charge >= 0.3 is 0 Å². The smallest absolute Gasteiger partial charge is 0.250 e. The molecule has 4 nitrogen and oxygen atoms in total. The summed E-state index contributed by atoms with van der Waals surface area (Å²) in [6, 6.07) is 8.33. The van der Waals surface area contributed by atoms with E-state index in [-0.39, 0.29) is 0 Å². The molecule has 0 unspecified atom stereocenters. The Bertz CT molecular complexity index is 833. The topological polar surface area (TPSA) is 68.9 Å². The number of nitrogens with zero attached hydrogens (tertiary/aromatic N) is 2. The molecular formula is C13H7Cl2N3O. The minimum atomic E-state index is -0.558. The van der Waals surface area contributed by atoms with Crippen LogP contribution in [0, 0.1) is 0 Å². The number of carbonyl (C=O) groups is 1. The van der Waals surface area contributed by atoms with Gasteiger partial charge in [-0.15, -0.1) is 0 Å². The third kappa shape index (κ3) is 1.89. The van der Waals surface area contributed by atoms with Gasteiger partial charge in [-0.25, -0.2) is 9.97 Å². The number of nitrogens with two attached hydrogens (primary N) is 1. The first kappa shape index (κ1) is 12.1. The van der Waals surface area contributed by atoms with E-state index in [1.54, 1.807) is 30.3 Å². The lowest BCUT2D eigenvalue weighted by molar-refractivity contribution is 0.100. The largest absolute Gasteiger partial charge is 0.366 e. The number of amides is 1. The molecule has 0 aliphatic carbocycles. The molecule has 0 radical (unpaired) electrons. The average molecular weight is 292 g/mol. The van der Waals surface area contributed by atoms with E-state index in [4.69, 9.17) is 28.9 Å². The zero-order valence-electron chi connectivity index (χ0n) is 9.52. The Labute approximate surface area is 118 Å². The zero-order valence-corrected chi connectivity index (χ0v) is 11.0. The second-order valence-corrected chi connectivity index (χ2v) is 4.80. The van der Waals surface area contributed by atoms with Gasteiger partial charge in [-0.2, -0.15) is 0 Å². The number of halogens is 2. The van der Waals surface area contributed by atoms with Crippen LogP contribution in [0.3, 0.4) is 0 Å². The van der Waals surface area contributed by atoms with Gasteiger partial charge in [-0.05, 0) is 24.3 Å². The predicted molar refractivity (Wildman–Crippen MR) is 75.6 cm³/mol. The average Bonchev–Trinajstić information content (AvgIpc) is 2.40. The summed E-state index contributed by atoms with van der Waals surface area (Å²) in [5.74, 6) is -0.558. The molecule has 19 heavy (non-hydrogen) atoms. The summed E-state index contributed by atoms with van der Waals surface area (Å²) in [4.78, 5) is 20.2. The fourth-order valence-electron chi connectivity index (χ4n) is 1.91. The number of benzene rings is 2. The number of hydrogen-bond acceptors (Lipinski definition) is 3. The lowest BCUT2D eigenvalue weighted by Gasteiger charge is -2.06. The van der Waals surface area contributed by atoms with Crippen molar-refractivity contribution in [2.75, 3.05) is 0 Å². The second kappa shape index (κ2) is 4.33. The third-order valence-electron chi connectivity index (χ3n) is 2.79. The summed E-state index contributed by atoms with van der Waals surface area (Å²) >= 11 is 12.2. The van der Waals surface area contributed by atoms with Crippen molar-refractivity contribution in [3.05, 3.63) is 45.9 Å². The molecule has 0 atom stereocenters. The fraction of sp³-hybridized carbons (Fsp3) is 0. The maximum atomic E-state index is 11.4. The van der Waals surface area contributed by atoms with Crippen molar-refractivity contribution in [3.8, 4) is 0 Å². The molecule has 6 heteroatoms. The monoisotopic (exact) mass is 291 g/mol. The molecular weight excluding hydrogens is 285 g/mol. The summed E-state index contributed by atoms with van der Waals surface area (Å²) in [6.07, 6.45) is 0. The van der Waals surface area contributed by atoms with E-state index in [1.807, 2.05) is 0 Å². The Hall–Kier alpha value is -1.91. The molecule has 1 amide bonds. The number of fused-ring (bicyclic) bond motifs is 2. The Balaban J connectivity index is 2.52. The molecule has 2 aromatic carbocycles. The van der Waals surface area contributed by atoms with Gasteiger partial charge in [0, 0.05) is 0 Å². The SMILES string of the molecule is NC(=O)c1cccc2nc3c(Cl)ccc(Cl)c3nc12. The normalized spacial score (nSPS) is 11.1. The molecule has 0 fully saturated rings. The van der Waals surface area contributed by atoms with E-state index in [0.29, 0.717) is 37.7 Å². The van der Waals surface area contributed by atoms with Crippen molar-refractivity contribution in [1.29, 1.82) is 0 Å². The number of para-hydroxylation sites is 1. The highest BCUT2D eigenvalue weighted by molar-refractivity contribution is 6.39. The van der Waals surface area contributed by atoms with Crippen molar-refractivity contribution in [2.45, 2.75) is 0 Å². The summed E-state index contributed by atoms with van der Waals surface area (Å²) in [5.41, 5.74) is 7.56. The number of hydrogen-bond donors (Lipinski definition) is 1. The molecule has 0 aliphatic heterocycles. The Kier molecular flexibility index (Phi) is 2.77. The van der Waals surface area contributed by atoms with Crippen LogP contribution in [-0.2, 0) is 0 Å². The molecule has 0 saturated heterocycles. The van der Waals surface area contributed by atoms with Crippen LogP contribution in [0.25, 0.3) is 22.1 Å². The predicted octanol–water partition coefficient (Wildman–Crippen LogP) is 3.19. The highest BCUT2D eigenvalue weighted by atomic mass is 35.5. The summed E-state index contributed by atoms with van der Waals surface area (Å²) in [7, 11) is 0. The number of rotatable bonds is 1. The van der Waals surface area contributed by atoms with Gasteiger partial charge in [0.2, 0.25) is 0 Å². The van der Waals surface area contributed by atoms with E-state index >= 15 is 0 Å². The van der Waals surface area contributed by atoms with Crippen molar-refractivity contribution < 1.29 is 4.79 Å². The Morgan fingerprint density at radius 2 is 1.58 bits per heavy atom. The van der Waals surface area contributed by atoms with E-state index in [0.717, 1.165) is 0 Å². The molecule has 0 aliphatic rings. The van der Waals surface area contributed by atoms with Crippen LogP contribution in [0.4, 0.5) is 0 Å². The molecule has 0 bridgehead atoms. The van der Waals surface area contributed by atoms with Crippen LogP contribution >= 0.6 is 23.2 Å². The second-order valence-electron chi connectivity index (χ2n) is 3.99. The molecule has 0 saturated carbocycles. The van der Waals surface area contributed by atoms with Crippen molar-refractivity contribution >= 4 is 51.2 Å². The van der Waals surface area contributed by atoms with Gasteiger partial charge in [0.15, 0.2) is 0 Å². The molecule has 3 rings (SSSR count). The highest BCUT2D eigenvalue weighted by Gasteiger charge is 2.13. The first-order valence-electron chi connectivity index (χ1n) is 5.42. The fourth-order valence-corrected chi connectivity index (χ4v) is 2.30. The van der Waals surface area contributed by atoms with Crippen LogP contribution in [0.2, 0.25) is 10.0 Å². The first-order chi connectivity index (χ1) is 9.08. The quantitative estimate of drug-likeness (QED) is 0.700. The summed E-state index contributed by atoms with van der Waals surface area (Å²) in [5, 5.41) is 0.881. The molecule has 1 aromatic heterocycles. The Morgan fingerprint density at radius 1 is 0.947 bits per heavy atom. The van der Waals surface area contributed by atoms with Gasteiger partial charge < -0.3 is 5.73 Å². The van der Waals surface area contributed by atoms with E-state index in [9.17, 15) is 4.79 Å². The molecule has 1 heterocycles. The van der Waals surface area contributed by atoms with Gasteiger partial charge in [-0.3, -0.25) is 4.79 Å². The van der Waals surface area contributed by atoms with Crippen molar-refractivity contribution in [3.63, 3.8) is 0 Å². The van der Waals surface area contributed by atoms with Gasteiger partial charge in [0.05, 0.1) is 21.1 Å². The summed E-state index contributed by atoms with van der Waals surface area (Å²) < 4.78 is 0. The van der Waals surface area contributed by atoms with Crippen LogP contribution < -0.4 is 5.73 Å². The number of carbonyl (C=O) groups excluding carboxylic acids is 1. The molecule has 94 valence electrons. The van der Waals surface area contributed by atoms with Gasteiger partial charge in [0.25, 0.3) is 5.91 Å². The number of aromatic nitrogens is 2. The zero-order chi connectivity index (χ0) is 13.6. The standard InChI is InChI=1S/C13H7Cl2N3O/c14-7-4-5-8(15)12-11(7)17-9-3-1-2-6(13(16)19)10(9)18-12/h1-5H,(H2,16,19). The van der Waals surface area contributed by atoms with Crippen LogP contribution in [0.15, 0.2) is 30.3 Å². The van der Waals surface area contributed by atoms with E-state index < -0.39 is 5.91 Å². The lowest BCUT2D eigenvalue weighted by atomic mass is 10.1. The lowest BCUT2D eigenvalue weighted by Crippen LogP contribution is -2.12. The minimum Gasteiger partial charge on any atom is -0.366 e. The third-order valence-corrected chi connectivity index (χ3v) is 3.40. The van der Waals surface area contributed by atoms with Crippen molar-refractivity contribution in [1.82, 2.24) is 9.97 Å². The maximum absolute atomic E-state index is 11.4. The van der Waals surface area contributed by atoms with E-state index in [1.165, 1.54) is 0 Å². The molecule has 0 spiro atoms. The van der Waals surface area contributed by atoms with Crippen LogP contribution in [0.1, 0.15) is 10.4 Å². The highest BCUT2D eigenvalue weighted by Crippen LogP contribution is 2.29. The van der Waals surface area contributed by atoms with Crippen LogP contribution in [-0.4, -0.2) is 15.9 Å². The molecule has 2 N–H and O–H groups in total. The van der Waals surface area contributed by atoms with E-state index in [2.05, 4.69) is 9.97 Å². The summed E-state index contributed by atoms with van der Waals surface area (Å²) in [6.45, 7) is 0. The first-order valence-corrected chi connectivity index (χ1v) is 6.18. The Morgan fingerprint density at radius 3 is 2.21 bits per heavy atom. The molecule has 3 aromatic rings. The maximum Gasteiger partial charge on any atom is 0.250 e.